The Labute approximate surface area is 89.3 Å². The van der Waals surface area contributed by atoms with Crippen LogP contribution >= 0.6 is 22.9 Å². The predicted octanol–water partition coefficient (Wildman–Crippen LogP) is 2.74. The van der Waals surface area contributed by atoms with Gasteiger partial charge in [-0.1, -0.05) is 11.6 Å². The number of hydrogen-bond donors (Lipinski definition) is 0. The third kappa shape index (κ3) is 1.36. The minimum Gasteiger partial charge on any atom is -0.465 e. The monoisotopic (exact) mass is 227 g/mol. The predicted molar refractivity (Wildman–Crippen MR) is 56.0 cm³/mol. The Morgan fingerprint density at radius 1 is 1.64 bits per heavy atom. The van der Waals surface area contributed by atoms with Crippen molar-refractivity contribution in [2.45, 2.75) is 0 Å². The van der Waals surface area contributed by atoms with E-state index in [9.17, 15) is 4.79 Å². The number of rotatable bonds is 1. The molecule has 0 unspecified atom stereocenters. The molecule has 0 radical (unpaired) electrons. The van der Waals surface area contributed by atoms with Gasteiger partial charge in [0.2, 0.25) is 0 Å². The molecule has 2 heterocycles. The number of methoxy groups -OCH3 is 1. The molecule has 0 aliphatic rings. The Bertz CT molecular complexity index is 495. The molecule has 2 aromatic rings. The van der Waals surface area contributed by atoms with Crippen molar-refractivity contribution < 1.29 is 9.53 Å². The fourth-order valence-electron chi connectivity index (χ4n) is 1.15. The van der Waals surface area contributed by atoms with E-state index in [4.69, 9.17) is 11.6 Å². The summed E-state index contributed by atoms with van der Waals surface area (Å²) >= 11 is 7.50. The van der Waals surface area contributed by atoms with Gasteiger partial charge in [0.1, 0.15) is 4.83 Å². The molecule has 0 bridgehead atoms. The van der Waals surface area contributed by atoms with Crippen LogP contribution in [0.3, 0.4) is 0 Å². The number of ether oxygens (including phenoxy) is 1. The first kappa shape index (κ1) is 9.43. The number of fused-ring (bicyclic) bond motifs is 1. The van der Waals surface area contributed by atoms with Crippen LogP contribution in [0.2, 0.25) is 5.02 Å². The van der Waals surface area contributed by atoms with Crippen LogP contribution in [-0.4, -0.2) is 18.1 Å². The summed E-state index contributed by atoms with van der Waals surface area (Å²) in [5.74, 6) is -0.462. The highest BCUT2D eigenvalue weighted by Crippen LogP contribution is 2.29. The number of pyridine rings is 1. The van der Waals surface area contributed by atoms with E-state index in [-0.39, 0.29) is 0 Å². The van der Waals surface area contributed by atoms with E-state index in [2.05, 4.69) is 9.72 Å². The Morgan fingerprint density at radius 3 is 3.14 bits per heavy atom. The Balaban J connectivity index is 2.67. The molecule has 0 N–H and O–H groups in total. The Morgan fingerprint density at radius 2 is 2.43 bits per heavy atom. The molecule has 0 spiro atoms. The molecule has 2 aromatic heterocycles. The molecule has 0 aliphatic carbocycles. The summed E-state index contributed by atoms with van der Waals surface area (Å²) in [4.78, 5) is 16.2. The second-order valence-corrected chi connectivity index (χ2v) is 3.89. The van der Waals surface area contributed by atoms with Crippen molar-refractivity contribution >= 4 is 39.1 Å². The molecule has 5 heteroatoms. The molecule has 14 heavy (non-hydrogen) atoms. The van der Waals surface area contributed by atoms with Gasteiger partial charge in [-0.2, -0.15) is 0 Å². The minimum atomic E-state index is -0.462. The van der Waals surface area contributed by atoms with Gasteiger partial charge in [0.15, 0.2) is 0 Å². The van der Waals surface area contributed by atoms with Crippen LogP contribution in [0.4, 0.5) is 0 Å². The molecule has 0 amide bonds. The summed E-state index contributed by atoms with van der Waals surface area (Å²) in [6, 6.07) is 1.84. The molecule has 0 aromatic carbocycles. The summed E-state index contributed by atoms with van der Waals surface area (Å²) in [6.07, 6.45) is 1.44. The van der Waals surface area contributed by atoms with Crippen LogP contribution in [0.25, 0.3) is 10.2 Å². The third-order valence-electron chi connectivity index (χ3n) is 1.83. The number of aromatic nitrogens is 1. The van der Waals surface area contributed by atoms with E-state index in [1.54, 1.807) is 0 Å². The average molecular weight is 228 g/mol. The smallest absolute Gasteiger partial charge is 0.340 e. The van der Waals surface area contributed by atoms with Gasteiger partial charge < -0.3 is 4.74 Å². The summed E-state index contributed by atoms with van der Waals surface area (Å²) in [6.45, 7) is 0. The fraction of sp³-hybridized carbons (Fsp3) is 0.111. The first-order chi connectivity index (χ1) is 6.74. The van der Waals surface area contributed by atoms with Crippen LogP contribution in [0.1, 0.15) is 10.4 Å². The minimum absolute atomic E-state index is 0.306. The van der Waals surface area contributed by atoms with Crippen LogP contribution in [0.5, 0.6) is 0 Å². The van der Waals surface area contributed by atoms with E-state index in [1.807, 2.05) is 11.4 Å². The molecule has 2 rings (SSSR count). The van der Waals surface area contributed by atoms with E-state index >= 15 is 0 Å². The summed E-state index contributed by atoms with van der Waals surface area (Å²) in [7, 11) is 1.32. The second kappa shape index (κ2) is 3.55. The number of thiophene rings is 1. The number of halogens is 1. The highest BCUT2D eigenvalue weighted by molar-refractivity contribution is 7.16. The summed E-state index contributed by atoms with van der Waals surface area (Å²) in [5, 5.41) is 3.08. The van der Waals surface area contributed by atoms with E-state index in [0.29, 0.717) is 10.6 Å². The summed E-state index contributed by atoms with van der Waals surface area (Å²) in [5.41, 5.74) is 0.306. The fourth-order valence-corrected chi connectivity index (χ4v) is 2.22. The normalized spacial score (nSPS) is 10.4. The largest absolute Gasteiger partial charge is 0.465 e. The van der Waals surface area contributed by atoms with Gasteiger partial charge in [-0.25, -0.2) is 9.78 Å². The van der Waals surface area contributed by atoms with Crippen molar-refractivity contribution in [3.05, 3.63) is 28.2 Å². The average Bonchev–Trinajstić information content (AvgIpc) is 2.66. The zero-order chi connectivity index (χ0) is 10.1. The van der Waals surface area contributed by atoms with Crippen molar-refractivity contribution in [3.8, 4) is 0 Å². The zero-order valence-electron chi connectivity index (χ0n) is 7.28. The van der Waals surface area contributed by atoms with E-state index in [0.717, 1.165) is 10.2 Å². The van der Waals surface area contributed by atoms with Crippen molar-refractivity contribution in [1.82, 2.24) is 4.98 Å². The quantitative estimate of drug-likeness (QED) is 0.704. The van der Waals surface area contributed by atoms with Gasteiger partial charge in [-0.3, -0.25) is 0 Å². The van der Waals surface area contributed by atoms with Crippen molar-refractivity contribution in [1.29, 1.82) is 0 Å². The lowest BCUT2D eigenvalue weighted by atomic mass is 10.2. The molecule has 3 nitrogen and oxygen atoms in total. The molecule has 0 saturated heterocycles. The topological polar surface area (TPSA) is 39.2 Å². The number of hydrogen-bond acceptors (Lipinski definition) is 4. The number of nitrogens with zero attached hydrogens (tertiary/aromatic N) is 1. The molecule has 0 saturated carbocycles. The molecular formula is C9H6ClNO2S. The maximum atomic E-state index is 11.3. The van der Waals surface area contributed by atoms with Crippen LogP contribution in [0, 0.1) is 0 Å². The van der Waals surface area contributed by atoms with Gasteiger partial charge in [-0.15, -0.1) is 11.3 Å². The number of esters is 1. The molecule has 0 aliphatic heterocycles. The Hall–Kier alpha value is -1.13. The van der Waals surface area contributed by atoms with E-state index in [1.165, 1.54) is 24.6 Å². The number of carbonyl (C=O) groups is 1. The molecule has 0 atom stereocenters. The standard InChI is InChI=1S/C9H6ClNO2S/c1-13-9(12)6-4-11-8-5(7(6)10)2-3-14-8/h2-4H,1H3. The van der Waals surface area contributed by atoms with E-state index < -0.39 is 5.97 Å². The SMILES string of the molecule is COC(=O)c1cnc2sccc2c1Cl. The van der Waals surface area contributed by atoms with Gasteiger partial charge in [0, 0.05) is 11.6 Å². The lowest BCUT2D eigenvalue weighted by Gasteiger charge is -2.01. The maximum Gasteiger partial charge on any atom is 0.340 e. The second-order valence-electron chi connectivity index (χ2n) is 2.62. The summed E-state index contributed by atoms with van der Waals surface area (Å²) < 4.78 is 4.58. The first-order valence-corrected chi connectivity index (χ1v) is 5.10. The van der Waals surface area contributed by atoms with Crippen molar-refractivity contribution in [3.63, 3.8) is 0 Å². The lowest BCUT2D eigenvalue weighted by Crippen LogP contribution is -2.02. The Kier molecular flexibility index (Phi) is 2.39. The van der Waals surface area contributed by atoms with Gasteiger partial charge in [0.25, 0.3) is 0 Å². The van der Waals surface area contributed by atoms with Crippen LogP contribution in [-0.2, 0) is 4.74 Å². The molecular weight excluding hydrogens is 222 g/mol. The van der Waals surface area contributed by atoms with Crippen LogP contribution in [0.15, 0.2) is 17.6 Å². The van der Waals surface area contributed by atoms with Crippen molar-refractivity contribution in [2.24, 2.45) is 0 Å². The maximum absolute atomic E-state index is 11.3. The first-order valence-electron chi connectivity index (χ1n) is 3.84. The van der Waals surface area contributed by atoms with Crippen LogP contribution < -0.4 is 0 Å². The van der Waals surface area contributed by atoms with Crippen molar-refractivity contribution in [2.75, 3.05) is 7.11 Å². The third-order valence-corrected chi connectivity index (χ3v) is 3.06. The number of carbonyl (C=O) groups excluding carboxylic acids is 1. The molecule has 0 fully saturated rings. The van der Waals surface area contributed by atoms with Gasteiger partial charge in [-0.05, 0) is 11.4 Å². The van der Waals surface area contributed by atoms with Gasteiger partial charge in [0.05, 0.1) is 17.7 Å². The highest BCUT2D eigenvalue weighted by Gasteiger charge is 2.14. The lowest BCUT2D eigenvalue weighted by molar-refractivity contribution is 0.0600. The van der Waals surface area contributed by atoms with Gasteiger partial charge >= 0.3 is 5.97 Å². The molecule has 72 valence electrons. The zero-order valence-corrected chi connectivity index (χ0v) is 8.85. The highest BCUT2D eigenvalue weighted by atomic mass is 35.5.